The van der Waals surface area contributed by atoms with Crippen LogP contribution in [0.5, 0.6) is 0 Å². The fourth-order valence-corrected chi connectivity index (χ4v) is 3.52. The summed E-state index contributed by atoms with van der Waals surface area (Å²) in [5.74, 6) is 2.22. The average Bonchev–Trinajstić information content (AvgIpc) is 2.75. The van der Waals surface area contributed by atoms with Crippen LogP contribution in [0, 0.1) is 13.8 Å². The molecule has 148 valence electrons. The highest BCUT2D eigenvalue weighted by atomic mass is 16.2. The maximum atomic E-state index is 12.8. The third-order valence-corrected chi connectivity index (χ3v) is 4.98. The Morgan fingerprint density at radius 3 is 2.86 bits per heavy atom. The van der Waals surface area contributed by atoms with Crippen LogP contribution in [0.3, 0.4) is 0 Å². The summed E-state index contributed by atoms with van der Waals surface area (Å²) in [6.45, 7) is 5.23. The van der Waals surface area contributed by atoms with Crippen LogP contribution in [-0.4, -0.2) is 48.8 Å². The topological polar surface area (TPSA) is 96.8 Å². The van der Waals surface area contributed by atoms with Gasteiger partial charge in [-0.05, 0) is 38.3 Å². The molecule has 0 spiro atoms. The van der Waals surface area contributed by atoms with Crippen molar-refractivity contribution in [3.8, 4) is 0 Å². The van der Waals surface area contributed by atoms with Crippen molar-refractivity contribution in [2.75, 3.05) is 18.4 Å². The van der Waals surface area contributed by atoms with Gasteiger partial charge in [0, 0.05) is 49.4 Å². The molecule has 1 fully saturated rings. The number of aryl methyl sites for hydroxylation is 2. The minimum absolute atomic E-state index is 0.0784. The molecule has 3 aromatic heterocycles. The molecular weight excluding hydrogens is 366 g/mol. The molecule has 29 heavy (non-hydrogen) atoms. The Bertz CT molecular complexity index is 1010. The number of pyridine rings is 1. The van der Waals surface area contributed by atoms with E-state index in [2.05, 4.69) is 25.3 Å². The van der Waals surface area contributed by atoms with Crippen LogP contribution < -0.4 is 5.32 Å². The van der Waals surface area contributed by atoms with E-state index in [9.17, 15) is 4.79 Å². The number of piperidine rings is 1. The molecule has 8 heteroatoms. The van der Waals surface area contributed by atoms with E-state index in [0.717, 1.165) is 35.7 Å². The maximum Gasteiger partial charge on any atom is 0.274 e. The zero-order valence-electron chi connectivity index (χ0n) is 16.5. The predicted molar refractivity (Wildman–Crippen MR) is 109 cm³/mol. The number of amides is 1. The summed E-state index contributed by atoms with van der Waals surface area (Å²) >= 11 is 0. The van der Waals surface area contributed by atoms with Crippen LogP contribution in [0.4, 0.5) is 11.6 Å². The molecule has 0 aromatic carbocycles. The third-order valence-electron chi connectivity index (χ3n) is 4.98. The van der Waals surface area contributed by atoms with Crippen molar-refractivity contribution < 1.29 is 4.79 Å². The van der Waals surface area contributed by atoms with Gasteiger partial charge in [0.1, 0.15) is 23.2 Å². The quantitative estimate of drug-likeness (QED) is 0.732. The van der Waals surface area contributed by atoms with Crippen molar-refractivity contribution in [2.24, 2.45) is 0 Å². The Balaban J connectivity index is 1.54. The van der Waals surface area contributed by atoms with E-state index in [0.29, 0.717) is 24.6 Å². The number of hydrogen-bond donors (Lipinski definition) is 1. The van der Waals surface area contributed by atoms with E-state index in [1.54, 1.807) is 12.4 Å². The molecule has 3 aromatic rings. The molecule has 0 saturated carbocycles. The number of anilines is 2. The van der Waals surface area contributed by atoms with E-state index < -0.39 is 0 Å². The minimum Gasteiger partial charge on any atom is -0.337 e. The van der Waals surface area contributed by atoms with Crippen LogP contribution in [0.2, 0.25) is 0 Å². The summed E-state index contributed by atoms with van der Waals surface area (Å²) in [5, 5.41) is 3.29. The number of carbonyl (C=O) groups is 1. The third kappa shape index (κ3) is 4.37. The molecule has 1 aliphatic rings. The van der Waals surface area contributed by atoms with Gasteiger partial charge in [0.25, 0.3) is 5.91 Å². The van der Waals surface area contributed by atoms with Gasteiger partial charge in [0.05, 0.1) is 6.20 Å². The summed E-state index contributed by atoms with van der Waals surface area (Å²) in [6, 6.07) is 5.81. The number of rotatable bonds is 4. The molecule has 0 radical (unpaired) electrons. The first-order valence-electron chi connectivity index (χ1n) is 9.69. The molecule has 1 saturated heterocycles. The van der Waals surface area contributed by atoms with E-state index in [1.165, 1.54) is 12.4 Å². The largest absolute Gasteiger partial charge is 0.337 e. The molecule has 0 unspecified atom stereocenters. The van der Waals surface area contributed by atoms with Gasteiger partial charge in [-0.2, -0.15) is 0 Å². The molecule has 0 bridgehead atoms. The fraction of sp³-hybridized carbons (Fsp3) is 0.333. The summed E-state index contributed by atoms with van der Waals surface area (Å²) in [5.41, 5.74) is 2.29. The van der Waals surface area contributed by atoms with Crippen LogP contribution in [0.25, 0.3) is 0 Å². The van der Waals surface area contributed by atoms with E-state index in [1.807, 2.05) is 36.9 Å². The lowest BCUT2D eigenvalue weighted by Crippen LogP contribution is -2.40. The lowest BCUT2D eigenvalue weighted by molar-refractivity contribution is 0.0698. The fourth-order valence-electron chi connectivity index (χ4n) is 3.52. The number of nitrogens with zero attached hydrogens (tertiary/aromatic N) is 6. The summed E-state index contributed by atoms with van der Waals surface area (Å²) in [7, 11) is 0. The van der Waals surface area contributed by atoms with Crippen LogP contribution >= 0.6 is 0 Å². The maximum absolute atomic E-state index is 12.8. The van der Waals surface area contributed by atoms with Gasteiger partial charge in [-0.3, -0.25) is 9.78 Å². The number of nitrogens with one attached hydrogen (secondary N) is 1. The zero-order valence-corrected chi connectivity index (χ0v) is 16.5. The van der Waals surface area contributed by atoms with Gasteiger partial charge < -0.3 is 10.2 Å². The standard InChI is InChI=1S/C21H23N7O/c1-14-5-3-7-24-19(14)26-18-11-15(2)25-20(27-18)16-6-4-10-28(13-16)21(29)17-12-22-8-9-23-17/h3,5,7-9,11-12,16H,4,6,10,13H2,1-2H3,(H,24,25,26,27)/t16-/m1/s1. The van der Waals surface area contributed by atoms with Crippen molar-refractivity contribution in [1.29, 1.82) is 0 Å². The second-order valence-corrected chi connectivity index (χ2v) is 7.23. The van der Waals surface area contributed by atoms with Gasteiger partial charge in [-0.1, -0.05) is 6.07 Å². The Kier molecular flexibility index (Phi) is 5.41. The van der Waals surface area contributed by atoms with Crippen molar-refractivity contribution in [2.45, 2.75) is 32.6 Å². The highest BCUT2D eigenvalue weighted by molar-refractivity contribution is 5.92. The zero-order chi connectivity index (χ0) is 20.2. The second-order valence-electron chi connectivity index (χ2n) is 7.23. The Labute approximate surface area is 169 Å². The van der Waals surface area contributed by atoms with Gasteiger partial charge >= 0.3 is 0 Å². The lowest BCUT2D eigenvalue weighted by Gasteiger charge is -2.32. The molecule has 0 aliphatic carbocycles. The molecule has 1 amide bonds. The molecular formula is C21H23N7O. The van der Waals surface area contributed by atoms with E-state index >= 15 is 0 Å². The summed E-state index contributed by atoms with van der Waals surface area (Å²) < 4.78 is 0. The average molecular weight is 389 g/mol. The van der Waals surface area contributed by atoms with Gasteiger partial charge in [0.2, 0.25) is 0 Å². The normalized spacial score (nSPS) is 16.5. The Morgan fingerprint density at radius 1 is 1.17 bits per heavy atom. The van der Waals surface area contributed by atoms with Crippen LogP contribution in [0.1, 0.15) is 46.3 Å². The highest BCUT2D eigenvalue weighted by Gasteiger charge is 2.28. The lowest BCUT2D eigenvalue weighted by atomic mass is 9.96. The van der Waals surface area contributed by atoms with Crippen LogP contribution in [-0.2, 0) is 0 Å². The molecule has 4 heterocycles. The minimum atomic E-state index is -0.0992. The van der Waals surface area contributed by atoms with Crippen molar-refractivity contribution in [3.63, 3.8) is 0 Å². The number of hydrogen-bond acceptors (Lipinski definition) is 7. The first-order valence-corrected chi connectivity index (χ1v) is 9.69. The van der Waals surface area contributed by atoms with Gasteiger partial charge in [0.15, 0.2) is 0 Å². The second kappa shape index (κ2) is 8.30. The van der Waals surface area contributed by atoms with E-state index in [-0.39, 0.29) is 11.8 Å². The molecule has 1 N–H and O–H groups in total. The smallest absolute Gasteiger partial charge is 0.274 e. The van der Waals surface area contributed by atoms with Gasteiger partial charge in [-0.15, -0.1) is 0 Å². The molecule has 1 atom stereocenters. The van der Waals surface area contributed by atoms with Crippen molar-refractivity contribution in [3.05, 3.63) is 65.8 Å². The van der Waals surface area contributed by atoms with Gasteiger partial charge in [-0.25, -0.2) is 19.9 Å². The number of carbonyl (C=O) groups excluding carboxylic acids is 1. The first kappa shape index (κ1) is 18.9. The van der Waals surface area contributed by atoms with E-state index in [4.69, 9.17) is 4.98 Å². The predicted octanol–water partition coefficient (Wildman–Crippen LogP) is 3.04. The Morgan fingerprint density at radius 2 is 2.07 bits per heavy atom. The summed E-state index contributed by atoms with van der Waals surface area (Å²) in [4.78, 5) is 36.5. The van der Waals surface area contributed by atoms with Crippen molar-refractivity contribution >= 4 is 17.5 Å². The number of aromatic nitrogens is 5. The molecule has 8 nitrogen and oxygen atoms in total. The number of likely N-dealkylation sites (tertiary alicyclic amines) is 1. The first-order chi connectivity index (χ1) is 14.1. The monoisotopic (exact) mass is 389 g/mol. The van der Waals surface area contributed by atoms with Crippen molar-refractivity contribution in [1.82, 2.24) is 29.8 Å². The van der Waals surface area contributed by atoms with Crippen LogP contribution in [0.15, 0.2) is 43.0 Å². The SMILES string of the molecule is Cc1cc(Nc2ncccc2C)nc([C@@H]2CCCN(C(=O)c3cnccn3)C2)n1. The highest BCUT2D eigenvalue weighted by Crippen LogP contribution is 2.27. The molecule has 1 aliphatic heterocycles. The summed E-state index contributed by atoms with van der Waals surface area (Å²) in [6.07, 6.45) is 8.20. The Hall–Kier alpha value is -3.42. The molecule has 4 rings (SSSR count).